The van der Waals surface area contributed by atoms with Crippen LogP contribution in [0.5, 0.6) is 0 Å². The van der Waals surface area contributed by atoms with Crippen molar-refractivity contribution in [1.82, 2.24) is 0 Å². The molecule has 6 aromatic carbocycles. The summed E-state index contributed by atoms with van der Waals surface area (Å²) in [4.78, 5) is 4.39. The number of benzene rings is 6. The predicted molar refractivity (Wildman–Crippen MR) is 175 cm³/mol. The van der Waals surface area contributed by atoms with E-state index in [4.69, 9.17) is 9.83 Å². The Bertz CT molecular complexity index is 2080. The van der Waals surface area contributed by atoms with Crippen LogP contribution in [-0.2, 0) is 0 Å². The Morgan fingerprint density at radius 3 is 2.21 bits per heavy atom. The monoisotopic (exact) mass is 541 g/mol. The highest BCUT2D eigenvalue weighted by atomic mass is 16.3. The van der Waals surface area contributed by atoms with Gasteiger partial charge in [-0.3, -0.25) is 5.41 Å². The third-order valence-electron chi connectivity index (χ3n) is 7.38. The van der Waals surface area contributed by atoms with Crippen LogP contribution in [0.15, 0.2) is 155 Å². The van der Waals surface area contributed by atoms with Gasteiger partial charge in [-0.1, -0.05) is 115 Å². The first kappa shape index (κ1) is 25.2. The molecule has 7 rings (SSSR count). The number of hydrogen-bond acceptors (Lipinski definition) is 3. The van der Waals surface area contributed by atoms with Gasteiger partial charge in [0, 0.05) is 45.1 Å². The van der Waals surface area contributed by atoms with E-state index in [9.17, 15) is 0 Å². The number of fused-ring (bicyclic) bond motifs is 3. The van der Waals surface area contributed by atoms with Gasteiger partial charge in [-0.2, -0.15) is 0 Å². The molecule has 0 aliphatic rings. The van der Waals surface area contributed by atoms with Gasteiger partial charge in [0.2, 0.25) is 0 Å². The number of nitrogens with zero attached hydrogens (tertiary/aromatic N) is 1. The van der Waals surface area contributed by atoms with Gasteiger partial charge in [-0.05, 0) is 47.0 Å². The van der Waals surface area contributed by atoms with Gasteiger partial charge in [0.25, 0.3) is 0 Å². The fourth-order valence-electron chi connectivity index (χ4n) is 5.30. The number of para-hydroxylation sites is 2. The molecule has 0 aliphatic carbocycles. The van der Waals surface area contributed by atoms with Crippen molar-refractivity contribution >= 4 is 45.4 Å². The number of hydrogen-bond donors (Lipinski definition) is 2. The highest BCUT2D eigenvalue weighted by molar-refractivity contribution is 6.10. The van der Waals surface area contributed by atoms with E-state index in [1.54, 1.807) is 6.21 Å². The maximum Gasteiger partial charge on any atom is 0.151 e. The lowest BCUT2D eigenvalue weighted by molar-refractivity contribution is 0.670. The molecule has 0 bridgehead atoms. The summed E-state index contributed by atoms with van der Waals surface area (Å²) in [6.07, 6.45) is 1.72. The molecule has 0 spiro atoms. The lowest BCUT2D eigenvalue weighted by Crippen LogP contribution is -1.99. The Kier molecular flexibility index (Phi) is 6.63. The molecule has 7 aromatic rings. The Balaban J connectivity index is 1.25. The van der Waals surface area contributed by atoms with E-state index in [0.717, 1.165) is 66.7 Å². The predicted octanol–water partition coefficient (Wildman–Crippen LogP) is 10.1. The topological polar surface area (TPSA) is 61.4 Å². The van der Waals surface area contributed by atoms with Crippen LogP contribution in [-0.4, -0.2) is 12.1 Å². The average molecular weight is 542 g/mol. The first-order chi connectivity index (χ1) is 20.7. The number of aliphatic imine (C=N–C) groups is 1. The van der Waals surface area contributed by atoms with Crippen molar-refractivity contribution in [2.24, 2.45) is 4.99 Å². The van der Waals surface area contributed by atoms with Crippen molar-refractivity contribution in [2.45, 2.75) is 0 Å². The molecule has 0 atom stereocenters. The molecule has 0 amide bonds. The molecule has 200 valence electrons. The number of anilines is 2. The standard InChI is InChI=1S/C38H27N3O/c39-38(40-25-26-11-3-1-4-12-26)29-15-9-16-30(23-29)41-35-22-21-28(24-34(35)27-13-5-2-6-14-27)31-18-10-19-33-32-17-7-8-20-36(32)42-37(31)33/h1-25,39,41H/b39-38?,40-25+. The van der Waals surface area contributed by atoms with Crippen molar-refractivity contribution in [3.63, 3.8) is 0 Å². The second-order valence-electron chi connectivity index (χ2n) is 10.1. The summed E-state index contributed by atoms with van der Waals surface area (Å²) in [5, 5.41) is 14.4. The molecule has 0 unspecified atom stereocenters. The van der Waals surface area contributed by atoms with Crippen molar-refractivity contribution < 1.29 is 4.42 Å². The van der Waals surface area contributed by atoms with Gasteiger partial charge in [-0.25, -0.2) is 4.99 Å². The van der Waals surface area contributed by atoms with Crippen molar-refractivity contribution in [3.8, 4) is 22.3 Å². The number of furan rings is 1. The third kappa shape index (κ3) is 4.98. The van der Waals surface area contributed by atoms with Crippen LogP contribution in [0.2, 0.25) is 0 Å². The summed E-state index contributed by atoms with van der Waals surface area (Å²) >= 11 is 0. The highest BCUT2D eigenvalue weighted by Gasteiger charge is 2.14. The molecular weight excluding hydrogens is 514 g/mol. The van der Waals surface area contributed by atoms with Gasteiger partial charge in [0.1, 0.15) is 11.2 Å². The smallest absolute Gasteiger partial charge is 0.151 e. The molecule has 0 saturated heterocycles. The molecule has 4 heteroatoms. The number of amidine groups is 1. The average Bonchev–Trinajstić information content (AvgIpc) is 3.44. The summed E-state index contributed by atoms with van der Waals surface area (Å²) in [6, 6.07) is 49.0. The first-order valence-corrected chi connectivity index (χ1v) is 13.9. The second kappa shape index (κ2) is 11.0. The van der Waals surface area contributed by atoms with Crippen molar-refractivity contribution in [1.29, 1.82) is 5.41 Å². The molecule has 42 heavy (non-hydrogen) atoms. The Morgan fingerprint density at radius 2 is 1.36 bits per heavy atom. The molecule has 0 saturated carbocycles. The van der Waals surface area contributed by atoms with Crippen LogP contribution >= 0.6 is 0 Å². The summed E-state index contributed by atoms with van der Waals surface area (Å²) < 4.78 is 6.35. The quantitative estimate of drug-likeness (QED) is 0.162. The molecule has 0 aliphatic heterocycles. The second-order valence-corrected chi connectivity index (χ2v) is 10.1. The molecule has 2 N–H and O–H groups in total. The van der Waals surface area contributed by atoms with Crippen molar-refractivity contribution in [3.05, 3.63) is 157 Å². The maximum atomic E-state index is 8.53. The van der Waals surface area contributed by atoms with Gasteiger partial charge in [0.05, 0.1) is 0 Å². The van der Waals surface area contributed by atoms with E-state index in [0.29, 0.717) is 0 Å². The van der Waals surface area contributed by atoms with Gasteiger partial charge < -0.3 is 9.73 Å². The minimum Gasteiger partial charge on any atom is -0.455 e. The zero-order valence-electron chi connectivity index (χ0n) is 22.8. The summed E-state index contributed by atoms with van der Waals surface area (Å²) in [7, 11) is 0. The van der Waals surface area contributed by atoms with Gasteiger partial charge in [0.15, 0.2) is 5.84 Å². The van der Waals surface area contributed by atoms with E-state index in [1.165, 1.54) is 0 Å². The molecular formula is C38H27N3O. The summed E-state index contributed by atoms with van der Waals surface area (Å²) in [5.74, 6) is 0.208. The minimum absolute atomic E-state index is 0.208. The van der Waals surface area contributed by atoms with E-state index in [1.807, 2.05) is 78.9 Å². The molecule has 0 fully saturated rings. The van der Waals surface area contributed by atoms with Gasteiger partial charge >= 0.3 is 0 Å². The van der Waals surface area contributed by atoms with E-state index in [-0.39, 0.29) is 5.84 Å². The highest BCUT2D eigenvalue weighted by Crippen LogP contribution is 2.39. The first-order valence-electron chi connectivity index (χ1n) is 13.9. The van der Waals surface area contributed by atoms with E-state index >= 15 is 0 Å². The van der Waals surface area contributed by atoms with Crippen LogP contribution in [0, 0.1) is 5.41 Å². The zero-order valence-corrected chi connectivity index (χ0v) is 22.8. The number of nitrogens with one attached hydrogen (secondary N) is 2. The van der Waals surface area contributed by atoms with Crippen LogP contribution in [0.3, 0.4) is 0 Å². The molecule has 0 radical (unpaired) electrons. The largest absolute Gasteiger partial charge is 0.455 e. The molecule has 4 nitrogen and oxygen atoms in total. The normalized spacial score (nSPS) is 11.3. The van der Waals surface area contributed by atoms with Crippen LogP contribution in [0.4, 0.5) is 11.4 Å². The van der Waals surface area contributed by atoms with Crippen LogP contribution < -0.4 is 5.32 Å². The van der Waals surface area contributed by atoms with E-state index in [2.05, 4.69) is 77.0 Å². The third-order valence-corrected chi connectivity index (χ3v) is 7.38. The summed E-state index contributed by atoms with van der Waals surface area (Å²) in [6.45, 7) is 0. The Morgan fingerprint density at radius 1 is 0.619 bits per heavy atom. The lowest BCUT2D eigenvalue weighted by atomic mass is 9.96. The van der Waals surface area contributed by atoms with Crippen LogP contribution in [0.1, 0.15) is 11.1 Å². The summed E-state index contributed by atoms with van der Waals surface area (Å²) in [5.41, 5.74) is 9.65. The van der Waals surface area contributed by atoms with Crippen LogP contribution in [0.25, 0.3) is 44.2 Å². The van der Waals surface area contributed by atoms with Crippen molar-refractivity contribution in [2.75, 3.05) is 5.32 Å². The van der Waals surface area contributed by atoms with Gasteiger partial charge in [-0.15, -0.1) is 0 Å². The fourth-order valence-corrected chi connectivity index (χ4v) is 5.30. The Labute approximate surface area is 244 Å². The molecule has 1 aromatic heterocycles. The maximum absolute atomic E-state index is 8.53. The SMILES string of the molecule is N=C(/N=C/c1ccccc1)c1cccc(Nc2ccc(-c3cccc4c3oc3ccccc34)cc2-c2ccccc2)c1. The number of rotatable bonds is 6. The minimum atomic E-state index is 0.208. The fraction of sp³-hybridized carbons (Fsp3) is 0. The zero-order chi connectivity index (χ0) is 28.3. The molecule has 1 heterocycles. The Hall–Kier alpha value is -5.74. The van der Waals surface area contributed by atoms with E-state index < -0.39 is 0 Å². The lowest BCUT2D eigenvalue weighted by Gasteiger charge is -2.15.